The number of nitrogens with zero attached hydrogens (tertiary/aromatic N) is 1. The van der Waals surface area contributed by atoms with E-state index in [1.807, 2.05) is 0 Å². The van der Waals surface area contributed by atoms with Crippen LogP contribution in [0.25, 0.3) is 0 Å². The Hall–Kier alpha value is -0.550. The van der Waals surface area contributed by atoms with Crippen LogP contribution in [0.3, 0.4) is 0 Å². The standard InChI is InChI=1S/C20H34ClFN6O2/c1-11-16-17(23-10-24-18(16)28(2)27-11)26-20-7-19(8-20,9-20)25-15(29)6-30-12-3-4-13(21)14(22)5-12/h11-14,16-18,23-24,26-27H,3-10H2,1-2H3,(H,25,29). The SMILES string of the molecule is CC1NN(C)C2NCNC(NC34CC(NC(=O)COC5CCC(Cl)C(F)C5)(C3)C4)C12. The summed E-state index contributed by atoms with van der Waals surface area (Å²) in [4.78, 5) is 12.4. The summed E-state index contributed by atoms with van der Waals surface area (Å²) in [6.45, 7) is 3.00. The van der Waals surface area contributed by atoms with Crippen molar-refractivity contribution >= 4 is 17.5 Å². The van der Waals surface area contributed by atoms with E-state index in [1.54, 1.807) is 0 Å². The normalized spacial score (nSPS) is 50.3. The third-order valence-electron chi connectivity index (χ3n) is 7.78. The first-order valence-corrected chi connectivity index (χ1v) is 11.7. The first kappa shape index (κ1) is 21.3. The lowest BCUT2D eigenvalue weighted by molar-refractivity contribution is -0.151. The van der Waals surface area contributed by atoms with Crippen molar-refractivity contribution in [2.75, 3.05) is 20.3 Å². The van der Waals surface area contributed by atoms with Crippen molar-refractivity contribution in [2.45, 2.75) is 92.6 Å². The lowest BCUT2D eigenvalue weighted by Gasteiger charge is -2.71. The van der Waals surface area contributed by atoms with Crippen LogP contribution in [-0.4, -0.2) is 78.3 Å². The molecule has 2 saturated heterocycles. The van der Waals surface area contributed by atoms with Gasteiger partial charge in [-0.1, -0.05) is 0 Å². The lowest BCUT2D eigenvalue weighted by Crippen LogP contribution is -2.86. The summed E-state index contributed by atoms with van der Waals surface area (Å²) >= 11 is 5.91. The third kappa shape index (κ3) is 3.76. The number of hydrazine groups is 1. The Labute approximate surface area is 182 Å². The van der Waals surface area contributed by atoms with Gasteiger partial charge in [-0.15, -0.1) is 11.6 Å². The number of ether oxygens (including phenoxy) is 1. The summed E-state index contributed by atoms with van der Waals surface area (Å²) in [6.07, 6.45) is 3.77. The number of hydrogen-bond donors (Lipinski definition) is 5. The molecule has 10 heteroatoms. The first-order chi connectivity index (χ1) is 14.3. The van der Waals surface area contributed by atoms with Crippen LogP contribution in [0.5, 0.6) is 0 Å². The molecule has 2 heterocycles. The molecule has 0 aromatic carbocycles. The van der Waals surface area contributed by atoms with Crippen LogP contribution in [-0.2, 0) is 9.53 Å². The van der Waals surface area contributed by atoms with E-state index in [9.17, 15) is 9.18 Å². The predicted molar refractivity (Wildman–Crippen MR) is 111 cm³/mol. The van der Waals surface area contributed by atoms with Crippen LogP contribution in [0.1, 0.15) is 45.4 Å². The third-order valence-corrected chi connectivity index (χ3v) is 8.27. The Balaban J connectivity index is 1.06. The highest BCUT2D eigenvalue weighted by molar-refractivity contribution is 6.21. The molecule has 30 heavy (non-hydrogen) atoms. The number of hydrogen-bond acceptors (Lipinski definition) is 7. The fourth-order valence-electron chi connectivity index (χ4n) is 6.44. The molecule has 0 spiro atoms. The highest BCUT2D eigenvalue weighted by atomic mass is 35.5. The van der Waals surface area contributed by atoms with E-state index in [1.165, 1.54) is 0 Å². The van der Waals surface area contributed by atoms with E-state index in [-0.39, 0.29) is 42.3 Å². The maximum absolute atomic E-state index is 13.7. The second-order valence-corrected chi connectivity index (χ2v) is 10.7. The number of nitrogens with one attached hydrogen (secondary N) is 5. The van der Waals surface area contributed by atoms with Crippen LogP contribution >= 0.6 is 11.6 Å². The summed E-state index contributed by atoms with van der Waals surface area (Å²) in [6, 6.07) is 0.383. The molecule has 2 aliphatic heterocycles. The molecule has 0 radical (unpaired) electrons. The number of rotatable bonds is 6. The highest BCUT2D eigenvalue weighted by Crippen LogP contribution is 2.60. The van der Waals surface area contributed by atoms with E-state index >= 15 is 0 Å². The van der Waals surface area contributed by atoms with Crippen molar-refractivity contribution in [1.29, 1.82) is 0 Å². The number of fused-ring (bicyclic) bond motifs is 1. The van der Waals surface area contributed by atoms with Gasteiger partial charge in [-0.2, -0.15) is 0 Å². The Bertz CT molecular complexity index is 666. The largest absolute Gasteiger partial charge is 0.368 e. The van der Waals surface area contributed by atoms with Gasteiger partial charge in [-0.05, 0) is 39.0 Å². The molecular weight excluding hydrogens is 411 g/mol. The van der Waals surface area contributed by atoms with Gasteiger partial charge < -0.3 is 10.1 Å². The van der Waals surface area contributed by atoms with E-state index < -0.39 is 11.5 Å². The Morgan fingerprint density at radius 1 is 1.27 bits per heavy atom. The average Bonchev–Trinajstić information content (AvgIpc) is 2.95. The zero-order valence-corrected chi connectivity index (χ0v) is 18.5. The average molecular weight is 445 g/mol. The summed E-state index contributed by atoms with van der Waals surface area (Å²) in [5.41, 5.74) is 3.52. The van der Waals surface area contributed by atoms with Crippen LogP contribution in [0, 0.1) is 5.92 Å². The Kier molecular flexibility index (Phi) is 5.53. The fourth-order valence-corrected chi connectivity index (χ4v) is 6.67. The van der Waals surface area contributed by atoms with Gasteiger partial charge in [-0.25, -0.2) is 9.40 Å². The van der Waals surface area contributed by atoms with Gasteiger partial charge in [0.1, 0.15) is 12.8 Å². The fraction of sp³-hybridized carbons (Fsp3) is 0.950. The second kappa shape index (κ2) is 7.79. The van der Waals surface area contributed by atoms with Gasteiger partial charge >= 0.3 is 0 Å². The van der Waals surface area contributed by atoms with E-state index in [0.717, 1.165) is 25.9 Å². The number of amides is 1. The number of alkyl halides is 2. The maximum atomic E-state index is 13.7. The van der Waals surface area contributed by atoms with Gasteiger partial charge in [0.15, 0.2) is 0 Å². The van der Waals surface area contributed by atoms with Gasteiger partial charge in [0, 0.05) is 43.2 Å². The minimum absolute atomic E-state index is 0.00163. The molecule has 7 unspecified atom stereocenters. The quantitative estimate of drug-likeness (QED) is 0.372. The Morgan fingerprint density at radius 3 is 2.77 bits per heavy atom. The van der Waals surface area contributed by atoms with Crippen molar-refractivity contribution in [3.8, 4) is 0 Å². The highest BCUT2D eigenvalue weighted by Gasteiger charge is 2.69. The van der Waals surface area contributed by atoms with Gasteiger partial charge in [0.05, 0.1) is 23.8 Å². The zero-order chi connectivity index (χ0) is 21.1. The van der Waals surface area contributed by atoms with Gasteiger partial charge in [0.2, 0.25) is 5.91 Å². The molecule has 5 N–H and O–H groups in total. The van der Waals surface area contributed by atoms with Gasteiger partial charge in [0.25, 0.3) is 0 Å². The molecule has 6 aliphatic rings. The molecule has 170 valence electrons. The number of halogens is 2. The molecule has 2 bridgehead atoms. The minimum Gasteiger partial charge on any atom is -0.368 e. The summed E-state index contributed by atoms with van der Waals surface area (Å²) < 4.78 is 19.4. The molecule has 0 aromatic heterocycles. The predicted octanol–water partition coefficient (Wildman–Crippen LogP) is 0.139. The molecule has 6 fully saturated rings. The topological polar surface area (TPSA) is 89.7 Å². The summed E-state index contributed by atoms with van der Waals surface area (Å²) in [5, 5.41) is 15.9. The number of carbonyl (C=O) groups is 1. The molecule has 4 saturated carbocycles. The maximum Gasteiger partial charge on any atom is 0.246 e. The second-order valence-electron chi connectivity index (χ2n) is 10.2. The van der Waals surface area contributed by atoms with Gasteiger partial charge in [-0.3, -0.25) is 26.2 Å². The smallest absolute Gasteiger partial charge is 0.246 e. The van der Waals surface area contributed by atoms with E-state index in [2.05, 4.69) is 45.7 Å². The molecule has 0 aromatic rings. The van der Waals surface area contributed by atoms with Crippen molar-refractivity contribution in [1.82, 2.24) is 31.7 Å². The molecular formula is C20H34ClFN6O2. The number of carbonyl (C=O) groups excluding carboxylic acids is 1. The van der Waals surface area contributed by atoms with E-state index in [0.29, 0.717) is 31.0 Å². The van der Waals surface area contributed by atoms with Crippen molar-refractivity contribution in [3.63, 3.8) is 0 Å². The summed E-state index contributed by atoms with van der Waals surface area (Å²) in [7, 11) is 2.08. The van der Waals surface area contributed by atoms with Crippen molar-refractivity contribution < 1.29 is 13.9 Å². The van der Waals surface area contributed by atoms with Crippen LogP contribution in [0.2, 0.25) is 0 Å². The first-order valence-electron chi connectivity index (χ1n) is 11.2. The van der Waals surface area contributed by atoms with E-state index in [4.69, 9.17) is 16.3 Å². The molecule has 4 aliphatic carbocycles. The zero-order valence-electron chi connectivity index (χ0n) is 17.7. The van der Waals surface area contributed by atoms with Crippen LogP contribution in [0.15, 0.2) is 0 Å². The monoisotopic (exact) mass is 444 g/mol. The Morgan fingerprint density at radius 2 is 2.03 bits per heavy atom. The molecule has 8 nitrogen and oxygen atoms in total. The van der Waals surface area contributed by atoms with Crippen molar-refractivity contribution in [2.24, 2.45) is 5.92 Å². The molecule has 7 atom stereocenters. The molecule has 6 rings (SSSR count). The lowest BCUT2D eigenvalue weighted by atomic mass is 9.44. The minimum atomic E-state index is -1.04. The van der Waals surface area contributed by atoms with Crippen LogP contribution < -0.4 is 26.7 Å². The van der Waals surface area contributed by atoms with Crippen molar-refractivity contribution in [3.05, 3.63) is 0 Å². The molecule has 1 amide bonds. The summed E-state index contributed by atoms with van der Waals surface area (Å²) in [5.74, 6) is 0.334. The van der Waals surface area contributed by atoms with Crippen LogP contribution in [0.4, 0.5) is 4.39 Å².